The number of rotatable bonds is 4. The Morgan fingerprint density at radius 2 is 2.00 bits per heavy atom. The molecule has 0 aliphatic carbocycles. The standard InChI is InChI=1S/C12H19BrN2OS/c1-10(16)7-14-2-4-15(5-3-14)8-11-6-12(13)17-9-11/h6,9-10,16H,2-5,7-8H2,1H3/t10-/m0/s1. The molecule has 17 heavy (non-hydrogen) atoms. The van der Waals surface area contributed by atoms with Crippen LogP contribution in [-0.2, 0) is 6.54 Å². The number of aliphatic hydroxyl groups excluding tert-OH is 1. The van der Waals surface area contributed by atoms with Gasteiger partial charge in [0.2, 0.25) is 0 Å². The summed E-state index contributed by atoms with van der Waals surface area (Å²) in [6.07, 6.45) is -0.214. The average molecular weight is 319 g/mol. The summed E-state index contributed by atoms with van der Waals surface area (Å²) in [5.74, 6) is 0. The first-order chi connectivity index (χ1) is 8.13. The van der Waals surface area contributed by atoms with E-state index in [1.807, 2.05) is 6.92 Å². The summed E-state index contributed by atoms with van der Waals surface area (Å²) in [6.45, 7) is 8.03. The highest BCUT2D eigenvalue weighted by molar-refractivity contribution is 9.11. The van der Waals surface area contributed by atoms with E-state index in [0.717, 1.165) is 39.3 Å². The van der Waals surface area contributed by atoms with Crippen LogP contribution in [0.4, 0.5) is 0 Å². The Bertz CT molecular complexity index is 348. The van der Waals surface area contributed by atoms with E-state index in [1.165, 1.54) is 9.35 Å². The number of thiophene rings is 1. The fourth-order valence-electron chi connectivity index (χ4n) is 2.19. The monoisotopic (exact) mass is 318 g/mol. The third-order valence-corrected chi connectivity index (χ3v) is 4.57. The third kappa shape index (κ3) is 4.34. The van der Waals surface area contributed by atoms with Crippen LogP contribution in [0, 0.1) is 0 Å². The number of hydrogen-bond donors (Lipinski definition) is 1. The predicted molar refractivity (Wildman–Crippen MR) is 75.4 cm³/mol. The van der Waals surface area contributed by atoms with Crippen molar-refractivity contribution in [1.82, 2.24) is 9.80 Å². The van der Waals surface area contributed by atoms with Crippen molar-refractivity contribution in [3.05, 3.63) is 20.8 Å². The highest BCUT2D eigenvalue weighted by Crippen LogP contribution is 2.22. The topological polar surface area (TPSA) is 26.7 Å². The van der Waals surface area contributed by atoms with Gasteiger partial charge >= 0.3 is 0 Å². The normalized spacial score (nSPS) is 20.6. The van der Waals surface area contributed by atoms with Crippen LogP contribution in [0.25, 0.3) is 0 Å². The van der Waals surface area contributed by atoms with Crippen LogP contribution in [0.5, 0.6) is 0 Å². The molecule has 3 nitrogen and oxygen atoms in total. The summed E-state index contributed by atoms with van der Waals surface area (Å²) in [7, 11) is 0. The first kappa shape index (κ1) is 13.5. The maximum absolute atomic E-state index is 9.35. The van der Waals surface area contributed by atoms with Gasteiger partial charge in [0.25, 0.3) is 0 Å². The van der Waals surface area contributed by atoms with Crippen molar-refractivity contribution in [2.45, 2.75) is 19.6 Å². The Hall–Kier alpha value is 0.0600. The van der Waals surface area contributed by atoms with Gasteiger partial charge in [-0.15, -0.1) is 11.3 Å². The van der Waals surface area contributed by atoms with E-state index in [1.54, 1.807) is 11.3 Å². The van der Waals surface area contributed by atoms with Crippen LogP contribution in [0.1, 0.15) is 12.5 Å². The summed E-state index contributed by atoms with van der Waals surface area (Å²) in [4.78, 5) is 4.82. The molecule has 0 bridgehead atoms. The number of β-amino-alcohol motifs (C(OH)–C–C–N with tert-alkyl or cyclic N) is 1. The van der Waals surface area contributed by atoms with Crippen molar-refractivity contribution in [2.75, 3.05) is 32.7 Å². The van der Waals surface area contributed by atoms with Crippen LogP contribution in [-0.4, -0.2) is 53.7 Å². The maximum Gasteiger partial charge on any atom is 0.0701 e. The van der Waals surface area contributed by atoms with E-state index < -0.39 is 0 Å². The van der Waals surface area contributed by atoms with Crippen LogP contribution in [0.15, 0.2) is 15.2 Å². The molecule has 0 spiro atoms. The van der Waals surface area contributed by atoms with E-state index in [2.05, 4.69) is 37.2 Å². The molecule has 1 fully saturated rings. The third-order valence-electron chi connectivity index (χ3n) is 3.02. The molecule has 2 rings (SSSR count). The molecule has 1 saturated heterocycles. The van der Waals surface area contributed by atoms with E-state index in [4.69, 9.17) is 0 Å². The SMILES string of the molecule is C[C@H](O)CN1CCN(Cc2csc(Br)c2)CC1. The molecule has 1 atom stereocenters. The molecule has 1 aliphatic rings. The van der Waals surface area contributed by atoms with E-state index >= 15 is 0 Å². The lowest BCUT2D eigenvalue weighted by Crippen LogP contribution is -2.47. The number of nitrogens with zero attached hydrogens (tertiary/aromatic N) is 2. The van der Waals surface area contributed by atoms with E-state index in [9.17, 15) is 5.11 Å². The van der Waals surface area contributed by atoms with Crippen molar-refractivity contribution in [1.29, 1.82) is 0 Å². The fourth-order valence-corrected chi connectivity index (χ4v) is 3.39. The number of aliphatic hydroxyl groups is 1. The molecule has 5 heteroatoms. The first-order valence-corrected chi connectivity index (χ1v) is 7.66. The highest BCUT2D eigenvalue weighted by Gasteiger charge is 2.18. The van der Waals surface area contributed by atoms with Gasteiger partial charge in [-0.25, -0.2) is 0 Å². The van der Waals surface area contributed by atoms with Gasteiger partial charge in [0.05, 0.1) is 9.89 Å². The Balaban J connectivity index is 1.75. The maximum atomic E-state index is 9.35. The van der Waals surface area contributed by atoms with Gasteiger partial charge in [0.1, 0.15) is 0 Å². The van der Waals surface area contributed by atoms with Crippen molar-refractivity contribution in [3.63, 3.8) is 0 Å². The van der Waals surface area contributed by atoms with Crippen molar-refractivity contribution < 1.29 is 5.11 Å². The number of halogens is 1. The largest absolute Gasteiger partial charge is 0.392 e. The minimum atomic E-state index is -0.214. The molecule has 0 aromatic carbocycles. The van der Waals surface area contributed by atoms with Gasteiger partial charge in [-0.3, -0.25) is 9.80 Å². The van der Waals surface area contributed by atoms with Crippen molar-refractivity contribution in [3.8, 4) is 0 Å². The number of hydrogen-bond acceptors (Lipinski definition) is 4. The first-order valence-electron chi connectivity index (χ1n) is 5.99. The van der Waals surface area contributed by atoms with Crippen LogP contribution in [0.2, 0.25) is 0 Å². The molecule has 1 N–H and O–H groups in total. The van der Waals surface area contributed by atoms with Crippen LogP contribution >= 0.6 is 27.3 Å². The predicted octanol–water partition coefficient (Wildman–Crippen LogP) is 2.01. The Morgan fingerprint density at radius 3 is 2.53 bits per heavy atom. The molecule has 1 aromatic rings. The quantitative estimate of drug-likeness (QED) is 0.920. The van der Waals surface area contributed by atoms with Gasteiger partial charge in [-0.05, 0) is 39.9 Å². The molecule has 0 amide bonds. The van der Waals surface area contributed by atoms with Gasteiger partial charge in [-0.1, -0.05) is 0 Å². The summed E-state index contributed by atoms with van der Waals surface area (Å²) >= 11 is 5.25. The van der Waals surface area contributed by atoms with E-state index in [0.29, 0.717) is 0 Å². The molecule has 0 unspecified atom stereocenters. The number of piperazine rings is 1. The lowest BCUT2D eigenvalue weighted by atomic mass is 10.2. The minimum Gasteiger partial charge on any atom is -0.392 e. The molecular formula is C12H19BrN2OS. The molecule has 2 heterocycles. The lowest BCUT2D eigenvalue weighted by molar-refractivity contribution is 0.0781. The molecule has 1 aromatic heterocycles. The molecule has 0 saturated carbocycles. The second kappa shape index (κ2) is 6.29. The fraction of sp³-hybridized carbons (Fsp3) is 0.667. The zero-order valence-electron chi connectivity index (χ0n) is 10.1. The van der Waals surface area contributed by atoms with Gasteiger partial charge in [0.15, 0.2) is 0 Å². The molecular weight excluding hydrogens is 300 g/mol. The lowest BCUT2D eigenvalue weighted by Gasteiger charge is -2.35. The van der Waals surface area contributed by atoms with Crippen molar-refractivity contribution >= 4 is 27.3 Å². The van der Waals surface area contributed by atoms with Crippen LogP contribution in [0.3, 0.4) is 0 Å². The Labute approximate surface area is 115 Å². The summed E-state index contributed by atoms with van der Waals surface area (Å²) in [5, 5.41) is 11.6. The molecule has 1 aliphatic heterocycles. The zero-order chi connectivity index (χ0) is 12.3. The van der Waals surface area contributed by atoms with Gasteiger partial charge in [-0.2, -0.15) is 0 Å². The van der Waals surface area contributed by atoms with E-state index in [-0.39, 0.29) is 6.10 Å². The van der Waals surface area contributed by atoms with Crippen LogP contribution < -0.4 is 0 Å². The zero-order valence-corrected chi connectivity index (χ0v) is 12.5. The molecule has 0 radical (unpaired) electrons. The highest BCUT2D eigenvalue weighted by atomic mass is 79.9. The Kier molecular flexibility index (Phi) is 4.99. The van der Waals surface area contributed by atoms with Crippen molar-refractivity contribution in [2.24, 2.45) is 0 Å². The summed E-state index contributed by atoms with van der Waals surface area (Å²) in [5.41, 5.74) is 1.39. The smallest absolute Gasteiger partial charge is 0.0701 e. The second-order valence-corrected chi connectivity index (χ2v) is 6.98. The Morgan fingerprint density at radius 1 is 1.35 bits per heavy atom. The second-order valence-electron chi connectivity index (χ2n) is 4.68. The van der Waals surface area contributed by atoms with Gasteiger partial charge < -0.3 is 5.11 Å². The summed E-state index contributed by atoms with van der Waals surface area (Å²) < 4.78 is 1.21. The minimum absolute atomic E-state index is 0.214. The summed E-state index contributed by atoms with van der Waals surface area (Å²) in [6, 6.07) is 2.20. The van der Waals surface area contributed by atoms with Gasteiger partial charge in [0, 0.05) is 39.3 Å². The average Bonchev–Trinajstić information content (AvgIpc) is 2.66. The molecule has 96 valence electrons.